The van der Waals surface area contributed by atoms with Gasteiger partial charge in [-0.1, -0.05) is 104 Å². The number of carbonyl (C=O) groups excluding carboxylic acids is 2. The highest BCUT2D eigenvalue weighted by molar-refractivity contribution is 6.28. The molecule has 1 aromatic heterocycles. The van der Waals surface area contributed by atoms with Crippen molar-refractivity contribution in [3.63, 3.8) is 0 Å². The first-order chi connectivity index (χ1) is 24.5. The second-order valence-corrected chi connectivity index (χ2v) is 11.6. The Bertz CT molecular complexity index is 2360. The summed E-state index contributed by atoms with van der Waals surface area (Å²) < 4.78 is 6.56. The van der Waals surface area contributed by atoms with Crippen molar-refractivity contribution in [3.8, 4) is 34.1 Å². The van der Waals surface area contributed by atoms with Gasteiger partial charge in [-0.15, -0.1) is 0 Å². The van der Waals surface area contributed by atoms with Gasteiger partial charge in [0.05, 0.1) is 22.6 Å². The Morgan fingerprint density at radius 2 is 1.28 bits per heavy atom. The Hall–Kier alpha value is -6.60. The summed E-state index contributed by atoms with van der Waals surface area (Å²) in [5.74, 6) is 1.09. The van der Waals surface area contributed by atoms with Crippen molar-refractivity contribution in [3.05, 3.63) is 162 Å². The van der Waals surface area contributed by atoms with E-state index in [4.69, 9.17) is 14.7 Å². The number of nitrogens with one attached hydrogen (secondary N) is 2. The highest BCUT2D eigenvalue weighted by atomic mass is 16.5. The van der Waals surface area contributed by atoms with E-state index in [0.717, 1.165) is 11.3 Å². The summed E-state index contributed by atoms with van der Waals surface area (Å²) in [4.78, 5) is 37.8. The summed E-state index contributed by atoms with van der Waals surface area (Å²) >= 11 is 0. The maximum Gasteiger partial charge on any atom is 0.255 e. The fourth-order valence-electron chi connectivity index (χ4n) is 6.01. The van der Waals surface area contributed by atoms with Crippen LogP contribution in [-0.2, 0) is 0 Å². The van der Waals surface area contributed by atoms with Crippen LogP contribution in [0.25, 0.3) is 33.5 Å². The van der Waals surface area contributed by atoms with Crippen LogP contribution in [0, 0.1) is 6.92 Å². The number of fused-ring (bicyclic) bond motifs is 2. The van der Waals surface area contributed by atoms with Gasteiger partial charge in [-0.05, 0) is 55.5 Å². The molecule has 50 heavy (non-hydrogen) atoms. The van der Waals surface area contributed by atoms with Gasteiger partial charge in [-0.25, -0.2) is 9.97 Å². The van der Waals surface area contributed by atoms with Crippen LogP contribution in [0.1, 0.15) is 45.7 Å². The van der Waals surface area contributed by atoms with Crippen LogP contribution in [0.2, 0.25) is 0 Å². The predicted octanol–water partition coefficient (Wildman–Crippen LogP) is 10.6. The molecule has 0 saturated carbocycles. The van der Waals surface area contributed by atoms with Gasteiger partial charge in [0, 0.05) is 39.4 Å². The average Bonchev–Trinajstić information content (AvgIpc) is 3.17. The van der Waals surface area contributed by atoms with Crippen molar-refractivity contribution in [2.45, 2.75) is 20.8 Å². The van der Waals surface area contributed by atoms with E-state index in [1.54, 1.807) is 12.1 Å². The van der Waals surface area contributed by atoms with E-state index in [-0.39, 0.29) is 11.7 Å². The molecule has 0 radical (unpaired) electrons. The maximum absolute atomic E-state index is 14.3. The van der Waals surface area contributed by atoms with E-state index in [0.29, 0.717) is 73.1 Å². The second kappa shape index (κ2) is 13.9. The summed E-state index contributed by atoms with van der Waals surface area (Å²) in [5.41, 5.74) is 7.04. The Morgan fingerprint density at radius 3 is 2.00 bits per heavy atom. The van der Waals surface area contributed by atoms with Crippen molar-refractivity contribution in [2.24, 2.45) is 0 Å². The third-order valence-electron chi connectivity index (χ3n) is 8.34. The first-order valence-corrected chi connectivity index (χ1v) is 16.6. The summed E-state index contributed by atoms with van der Waals surface area (Å²) in [6.07, 6.45) is 0. The summed E-state index contributed by atoms with van der Waals surface area (Å²) in [6.45, 7) is 6.02. The lowest BCUT2D eigenvalue weighted by Crippen LogP contribution is -2.15. The highest BCUT2D eigenvalue weighted by Gasteiger charge is 2.32. The number of hydrogen-bond donors (Lipinski definition) is 2. The van der Waals surface area contributed by atoms with E-state index in [9.17, 15) is 9.59 Å². The number of amides is 1. The molecule has 7 nitrogen and oxygen atoms in total. The van der Waals surface area contributed by atoms with Gasteiger partial charge in [-0.3, -0.25) is 9.59 Å². The molecular weight excluding hydrogens is 620 g/mol. The molecule has 8 rings (SSSR count). The molecular formula is C43H34N4O3. The number of carbonyl (C=O) groups is 2. The Morgan fingerprint density at radius 1 is 0.660 bits per heavy atom. The Balaban J connectivity index is 0.00000193. The second-order valence-electron chi connectivity index (χ2n) is 11.6. The number of ether oxygens (including phenoxy) is 1. The summed E-state index contributed by atoms with van der Waals surface area (Å²) in [7, 11) is 0. The molecule has 0 bridgehead atoms. The van der Waals surface area contributed by atoms with Gasteiger partial charge < -0.3 is 15.4 Å². The van der Waals surface area contributed by atoms with E-state index in [1.807, 2.05) is 148 Å². The molecule has 0 atom stereocenters. The molecule has 1 aliphatic rings. The lowest BCUT2D eigenvalue weighted by molar-refractivity contribution is 0.102. The third kappa shape index (κ3) is 6.08. The van der Waals surface area contributed by atoms with Crippen LogP contribution in [0.4, 0.5) is 17.1 Å². The van der Waals surface area contributed by atoms with Crippen LogP contribution < -0.4 is 15.4 Å². The van der Waals surface area contributed by atoms with Gasteiger partial charge in [-0.2, -0.15) is 0 Å². The lowest BCUT2D eigenvalue weighted by atomic mass is 9.85. The van der Waals surface area contributed by atoms with Gasteiger partial charge in [0.1, 0.15) is 11.3 Å². The molecule has 244 valence electrons. The monoisotopic (exact) mass is 654 g/mol. The SMILES string of the molecule is CC.Cc1ccc(Oc2cc(Nc3ccccc3)c3c4c(nc(-c5ccccc5NC(=O)c5ccccc5)nc24)-c2ccccc2C3=O)cc1. The molecule has 0 spiro atoms. The predicted molar refractivity (Wildman–Crippen MR) is 201 cm³/mol. The minimum absolute atomic E-state index is 0.129. The Labute approximate surface area is 290 Å². The van der Waals surface area contributed by atoms with Crippen LogP contribution in [-0.4, -0.2) is 21.7 Å². The van der Waals surface area contributed by atoms with E-state index in [2.05, 4.69) is 10.6 Å². The first kappa shape index (κ1) is 32.0. The Kier molecular flexibility index (Phi) is 8.87. The maximum atomic E-state index is 14.3. The topological polar surface area (TPSA) is 93.2 Å². The van der Waals surface area contributed by atoms with Gasteiger partial charge in [0.15, 0.2) is 17.4 Å². The molecule has 6 aromatic carbocycles. The average molecular weight is 655 g/mol. The number of benzene rings is 6. The van der Waals surface area contributed by atoms with E-state index >= 15 is 0 Å². The fourth-order valence-corrected chi connectivity index (χ4v) is 6.01. The van der Waals surface area contributed by atoms with Crippen LogP contribution in [0.5, 0.6) is 11.5 Å². The zero-order chi connectivity index (χ0) is 34.6. The van der Waals surface area contributed by atoms with Crippen LogP contribution >= 0.6 is 0 Å². The number of anilines is 3. The molecule has 7 heteroatoms. The molecule has 0 saturated heterocycles. The molecule has 7 aromatic rings. The van der Waals surface area contributed by atoms with E-state index < -0.39 is 0 Å². The van der Waals surface area contributed by atoms with Crippen molar-refractivity contribution in [1.82, 2.24) is 9.97 Å². The van der Waals surface area contributed by atoms with Gasteiger partial charge in [0.2, 0.25) is 0 Å². The lowest BCUT2D eigenvalue weighted by Gasteiger charge is -2.24. The normalized spacial score (nSPS) is 11.2. The molecule has 0 unspecified atom stereocenters. The number of hydrogen-bond acceptors (Lipinski definition) is 6. The molecule has 0 fully saturated rings. The zero-order valence-electron chi connectivity index (χ0n) is 27.9. The van der Waals surface area contributed by atoms with E-state index in [1.165, 1.54) is 0 Å². The van der Waals surface area contributed by atoms with Crippen molar-refractivity contribution >= 4 is 39.7 Å². The van der Waals surface area contributed by atoms with Crippen molar-refractivity contribution < 1.29 is 14.3 Å². The summed E-state index contributed by atoms with van der Waals surface area (Å²) in [5, 5.41) is 7.10. The molecule has 0 aliphatic heterocycles. The fraction of sp³-hybridized carbons (Fsp3) is 0.0698. The molecule has 1 heterocycles. The van der Waals surface area contributed by atoms with Crippen LogP contribution in [0.3, 0.4) is 0 Å². The quantitative estimate of drug-likeness (QED) is 0.178. The minimum Gasteiger partial charge on any atom is -0.455 e. The molecule has 1 amide bonds. The van der Waals surface area contributed by atoms with Crippen LogP contribution in [0.15, 0.2) is 140 Å². The smallest absolute Gasteiger partial charge is 0.255 e. The first-order valence-electron chi connectivity index (χ1n) is 16.6. The third-order valence-corrected chi connectivity index (χ3v) is 8.34. The van der Waals surface area contributed by atoms with Gasteiger partial charge >= 0.3 is 0 Å². The molecule has 2 N–H and O–H groups in total. The largest absolute Gasteiger partial charge is 0.455 e. The highest BCUT2D eigenvalue weighted by Crippen LogP contribution is 2.47. The standard InChI is InChI=1S/C41H28N4O3.C2H6/c1-25-20-22-28(23-21-25)48-34-24-33(42-27-14-6-3-7-15-27)35-36-37(29-16-8-9-17-30(29)39(35)46)44-40(45-38(34)36)31-18-10-11-19-32(31)43-41(47)26-12-4-2-5-13-26;1-2/h2-24,42H,1H3,(H,43,47);1-2H3. The number of ketones is 1. The van der Waals surface area contributed by atoms with Crippen molar-refractivity contribution in [1.29, 1.82) is 0 Å². The number of aromatic nitrogens is 2. The number of rotatable bonds is 7. The number of para-hydroxylation sites is 2. The van der Waals surface area contributed by atoms with Gasteiger partial charge in [0.25, 0.3) is 5.91 Å². The number of aryl methyl sites for hydroxylation is 1. The number of nitrogens with zero attached hydrogens (tertiary/aromatic N) is 2. The molecule has 1 aliphatic carbocycles. The van der Waals surface area contributed by atoms with Crippen molar-refractivity contribution in [2.75, 3.05) is 10.6 Å². The summed E-state index contributed by atoms with van der Waals surface area (Å²) in [6, 6.07) is 43.3. The zero-order valence-corrected chi connectivity index (χ0v) is 27.9. The minimum atomic E-state index is -0.247.